The molecule has 38 heavy (non-hydrogen) atoms. The number of hydrogen-bond donors (Lipinski definition) is 3. The summed E-state index contributed by atoms with van der Waals surface area (Å²) in [5.74, 6) is -1.90. The fourth-order valence-electron chi connectivity index (χ4n) is 5.42. The van der Waals surface area contributed by atoms with Gasteiger partial charge in [0.05, 0.1) is 0 Å². The normalized spacial score (nSPS) is 15.9. The van der Waals surface area contributed by atoms with Crippen LogP contribution in [0.2, 0.25) is 0 Å². The summed E-state index contributed by atoms with van der Waals surface area (Å²) in [7, 11) is 1.96. The number of carbonyl (C=O) groups is 3. The summed E-state index contributed by atoms with van der Waals surface area (Å²) in [6, 6.07) is 7.42. The molecule has 0 spiro atoms. The molecule has 3 aromatic rings. The van der Waals surface area contributed by atoms with Crippen molar-refractivity contribution in [1.29, 1.82) is 0 Å². The number of amides is 2. The Hall–Kier alpha value is -3.62. The first-order chi connectivity index (χ1) is 18.1. The molecule has 2 aromatic heterocycles. The molecule has 0 saturated heterocycles. The number of rotatable bonds is 10. The Balaban J connectivity index is 1.57. The molecular formula is C29H38N4O5. The molecule has 1 saturated carbocycles. The third-order valence-electron chi connectivity index (χ3n) is 7.55. The molecule has 0 unspecified atom stereocenters. The Morgan fingerprint density at radius 2 is 1.87 bits per heavy atom. The fraction of sp³-hybridized carbons (Fsp3) is 0.517. The van der Waals surface area contributed by atoms with Gasteiger partial charge in [-0.15, -0.1) is 0 Å². The van der Waals surface area contributed by atoms with Gasteiger partial charge in [-0.2, -0.15) is 0 Å². The van der Waals surface area contributed by atoms with Crippen molar-refractivity contribution in [3.05, 3.63) is 53.4 Å². The van der Waals surface area contributed by atoms with Crippen LogP contribution in [0.15, 0.2) is 34.9 Å². The van der Waals surface area contributed by atoms with Crippen LogP contribution in [0.4, 0.5) is 0 Å². The van der Waals surface area contributed by atoms with E-state index in [0.717, 1.165) is 42.1 Å². The van der Waals surface area contributed by atoms with Crippen molar-refractivity contribution in [3.63, 3.8) is 0 Å². The third kappa shape index (κ3) is 6.26. The molecule has 0 aliphatic heterocycles. The lowest BCUT2D eigenvalue weighted by Gasteiger charge is -2.26. The van der Waals surface area contributed by atoms with Gasteiger partial charge >= 0.3 is 5.97 Å². The molecule has 3 N–H and O–H groups in total. The van der Waals surface area contributed by atoms with E-state index < -0.39 is 17.9 Å². The van der Waals surface area contributed by atoms with Crippen molar-refractivity contribution in [1.82, 2.24) is 20.2 Å². The van der Waals surface area contributed by atoms with Crippen LogP contribution in [0.5, 0.6) is 0 Å². The fourth-order valence-corrected chi connectivity index (χ4v) is 5.42. The molecule has 0 bridgehead atoms. The molecule has 0 radical (unpaired) electrons. The van der Waals surface area contributed by atoms with Crippen LogP contribution in [0.3, 0.4) is 0 Å². The minimum Gasteiger partial charge on any atom is -0.476 e. The minimum atomic E-state index is -1.19. The summed E-state index contributed by atoms with van der Waals surface area (Å²) in [5.41, 5.74) is 1.84. The molecule has 1 aromatic carbocycles. The smallest absolute Gasteiger partial charge is 0.358 e. The predicted octanol–water partition coefficient (Wildman–Crippen LogP) is 4.68. The summed E-state index contributed by atoms with van der Waals surface area (Å²) in [4.78, 5) is 42.3. The van der Waals surface area contributed by atoms with Crippen molar-refractivity contribution in [2.75, 3.05) is 0 Å². The minimum absolute atomic E-state index is 0.0776. The molecule has 9 nitrogen and oxygen atoms in total. The maximum atomic E-state index is 13.6. The lowest BCUT2D eigenvalue weighted by Crippen LogP contribution is -2.42. The second kappa shape index (κ2) is 11.8. The van der Waals surface area contributed by atoms with Gasteiger partial charge in [-0.05, 0) is 37.3 Å². The monoisotopic (exact) mass is 522 g/mol. The van der Waals surface area contributed by atoms with Crippen LogP contribution in [-0.2, 0) is 23.1 Å². The molecule has 9 heteroatoms. The summed E-state index contributed by atoms with van der Waals surface area (Å²) in [6.07, 6.45) is 7.82. The number of benzene rings is 1. The van der Waals surface area contributed by atoms with Gasteiger partial charge in [0.1, 0.15) is 11.8 Å². The Kier molecular flexibility index (Phi) is 8.54. The van der Waals surface area contributed by atoms with Crippen molar-refractivity contribution >= 4 is 28.7 Å². The molecule has 2 atom stereocenters. The lowest BCUT2D eigenvalue weighted by atomic mass is 9.90. The number of aromatic nitrogens is 2. The van der Waals surface area contributed by atoms with Crippen LogP contribution >= 0.6 is 0 Å². The number of oxazole rings is 1. The molecule has 2 heterocycles. The molecule has 1 aliphatic carbocycles. The second-order valence-electron chi connectivity index (χ2n) is 10.8. The van der Waals surface area contributed by atoms with E-state index >= 15 is 0 Å². The average Bonchev–Trinajstić information content (AvgIpc) is 3.42. The summed E-state index contributed by atoms with van der Waals surface area (Å²) >= 11 is 0. The van der Waals surface area contributed by atoms with Gasteiger partial charge in [0.2, 0.25) is 17.7 Å². The summed E-state index contributed by atoms with van der Waals surface area (Å²) in [6.45, 7) is 5.40. The first-order valence-corrected chi connectivity index (χ1v) is 13.5. The number of carboxylic acids is 1. The zero-order valence-corrected chi connectivity index (χ0v) is 22.6. The second-order valence-corrected chi connectivity index (χ2v) is 10.8. The number of nitrogens with zero attached hydrogens (tertiary/aromatic N) is 2. The van der Waals surface area contributed by atoms with E-state index in [2.05, 4.69) is 15.6 Å². The lowest BCUT2D eigenvalue weighted by molar-refractivity contribution is -0.132. The van der Waals surface area contributed by atoms with Crippen molar-refractivity contribution in [2.24, 2.45) is 18.9 Å². The number of nitrogens with one attached hydrogen (secondary N) is 2. The van der Waals surface area contributed by atoms with Gasteiger partial charge in [-0.25, -0.2) is 9.78 Å². The zero-order valence-electron chi connectivity index (χ0n) is 22.6. The third-order valence-corrected chi connectivity index (χ3v) is 7.55. The Labute approximate surface area is 223 Å². The van der Waals surface area contributed by atoms with E-state index in [0.29, 0.717) is 6.42 Å². The van der Waals surface area contributed by atoms with E-state index in [9.17, 15) is 19.5 Å². The molecule has 1 aliphatic rings. The van der Waals surface area contributed by atoms with E-state index in [1.807, 2.05) is 55.9 Å². The van der Waals surface area contributed by atoms with Gasteiger partial charge < -0.3 is 24.7 Å². The predicted molar refractivity (Wildman–Crippen MR) is 144 cm³/mol. The highest BCUT2D eigenvalue weighted by Gasteiger charge is 2.31. The Morgan fingerprint density at radius 3 is 2.53 bits per heavy atom. The first-order valence-electron chi connectivity index (χ1n) is 13.5. The molecule has 4 rings (SSSR count). The van der Waals surface area contributed by atoms with Gasteiger partial charge in [0, 0.05) is 48.9 Å². The van der Waals surface area contributed by atoms with E-state index in [1.165, 1.54) is 6.42 Å². The standard InChI is InChI=1S/C29H38N4O5/c1-17(2)22(15-25(34)30-20-10-6-5-7-11-20)27(35)31-23(28-32-26(29(36)37)18(3)38-28)14-19-16-33(4)24-13-9-8-12-21(19)24/h8-9,12-13,16-17,20,22-23H,5-7,10-11,14-15H2,1-4H3,(H,30,34)(H,31,35)(H,36,37)/t22-,23-/m1/s1. The average molecular weight is 523 g/mol. The van der Waals surface area contributed by atoms with Crippen LogP contribution in [0, 0.1) is 18.8 Å². The zero-order chi connectivity index (χ0) is 27.4. The van der Waals surface area contributed by atoms with E-state index in [1.54, 1.807) is 6.92 Å². The maximum Gasteiger partial charge on any atom is 0.358 e. The first kappa shape index (κ1) is 27.4. The number of carboxylic acid groups (broad SMARTS) is 1. The molecule has 2 amide bonds. The topological polar surface area (TPSA) is 126 Å². The highest BCUT2D eigenvalue weighted by atomic mass is 16.4. The summed E-state index contributed by atoms with van der Waals surface area (Å²) in [5, 5.41) is 16.7. The Morgan fingerprint density at radius 1 is 1.16 bits per heavy atom. The number of para-hydroxylation sites is 1. The van der Waals surface area contributed by atoms with E-state index in [4.69, 9.17) is 4.42 Å². The van der Waals surface area contributed by atoms with Crippen molar-refractivity contribution in [3.8, 4) is 0 Å². The van der Waals surface area contributed by atoms with Gasteiger partial charge in [-0.3, -0.25) is 9.59 Å². The van der Waals surface area contributed by atoms with Crippen LogP contribution in [0.1, 0.15) is 86.1 Å². The van der Waals surface area contributed by atoms with Gasteiger partial charge in [0.15, 0.2) is 5.69 Å². The molecular weight excluding hydrogens is 484 g/mol. The number of hydrogen-bond acceptors (Lipinski definition) is 5. The number of aromatic carboxylic acids is 1. The number of fused-ring (bicyclic) bond motifs is 1. The van der Waals surface area contributed by atoms with Crippen molar-refractivity contribution in [2.45, 2.75) is 77.8 Å². The number of carbonyl (C=O) groups excluding carboxylic acids is 2. The van der Waals surface area contributed by atoms with Gasteiger partial charge in [0.25, 0.3) is 0 Å². The molecule has 1 fully saturated rings. The summed E-state index contributed by atoms with van der Waals surface area (Å²) < 4.78 is 7.77. The van der Waals surface area contributed by atoms with Crippen LogP contribution < -0.4 is 10.6 Å². The Bertz CT molecular complexity index is 1300. The van der Waals surface area contributed by atoms with Crippen LogP contribution in [-0.4, -0.2) is 38.5 Å². The number of aryl methyl sites for hydroxylation is 2. The van der Waals surface area contributed by atoms with Gasteiger partial charge in [-0.1, -0.05) is 51.3 Å². The maximum absolute atomic E-state index is 13.6. The highest BCUT2D eigenvalue weighted by molar-refractivity contribution is 5.88. The van der Waals surface area contributed by atoms with Crippen LogP contribution in [0.25, 0.3) is 10.9 Å². The van der Waals surface area contributed by atoms with E-state index in [-0.39, 0.29) is 47.5 Å². The SMILES string of the molecule is Cc1oc([C@@H](Cc2cn(C)c3ccccc23)NC(=O)[C@H](CC(=O)NC2CCCCC2)C(C)C)nc1C(=O)O. The quantitative estimate of drug-likeness (QED) is 0.355. The highest BCUT2D eigenvalue weighted by Crippen LogP contribution is 2.28. The van der Waals surface area contributed by atoms with Crippen molar-refractivity contribution < 1.29 is 23.9 Å². The molecule has 204 valence electrons. The largest absolute Gasteiger partial charge is 0.476 e.